The Bertz CT molecular complexity index is 439. The van der Waals surface area contributed by atoms with Crippen LogP contribution in [0, 0.1) is 0 Å². The zero-order valence-electron chi connectivity index (χ0n) is 7.84. The summed E-state index contributed by atoms with van der Waals surface area (Å²) >= 11 is -4.98. The molecule has 0 aliphatic heterocycles. The van der Waals surface area contributed by atoms with E-state index in [1.54, 1.807) is 0 Å². The van der Waals surface area contributed by atoms with Gasteiger partial charge in [-0.3, -0.25) is 0 Å². The summed E-state index contributed by atoms with van der Waals surface area (Å²) in [6.07, 6.45) is 0. The van der Waals surface area contributed by atoms with Crippen LogP contribution in [0.15, 0.2) is 18.2 Å². The molecule has 0 aliphatic rings. The molecule has 0 radical (unpaired) electrons. The molecule has 1 aromatic rings. The van der Waals surface area contributed by atoms with Crippen LogP contribution < -0.4 is 9.67 Å². The molecule has 0 fully saturated rings. The summed E-state index contributed by atoms with van der Waals surface area (Å²) < 4.78 is 28.6. The summed E-state index contributed by atoms with van der Waals surface area (Å²) in [4.78, 5) is 10.7. The van der Waals surface area contributed by atoms with Gasteiger partial charge in [0.05, 0.1) is 0 Å². The molecular weight excluding hydrogens is 265 g/mol. The van der Waals surface area contributed by atoms with Crippen molar-refractivity contribution in [3.05, 3.63) is 18.2 Å². The topological polar surface area (TPSA) is 107 Å². The van der Waals surface area contributed by atoms with Crippen molar-refractivity contribution in [1.82, 2.24) is 0 Å². The van der Waals surface area contributed by atoms with E-state index in [0.717, 1.165) is 18.2 Å². The fraction of sp³-hybridized carbons (Fsp3) is 0.125. The number of hydrogen-bond acceptors (Lipinski definition) is 3. The van der Waals surface area contributed by atoms with Crippen LogP contribution in [0.25, 0.3) is 0 Å². The van der Waals surface area contributed by atoms with Crippen LogP contribution >= 0.6 is 0 Å². The van der Waals surface area contributed by atoms with Gasteiger partial charge in [0.1, 0.15) is 0 Å². The zero-order chi connectivity index (χ0) is 11.6. The fourth-order valence-electron chi connectivity index (χ4n) is 0.995. The molecule has 0 unspecified atom stereocenters. The molecule has 4 N–H and O–H groups in total. The van der Waals surface area contributed by atoms with Crippen molar-refractivity contribution >= 4 is 30.1 Å². The standard InChI is InChI=1S/C8H10AsNO5/c1-5(11)10-7-4-6(9(13,14)15)2-3-8(7)12/h2-4,12H,1H3,(H,10,11)(H2,13,14,15). The Hall–Kier alpha value is -1.23. The molecule has 0 saturated carbocycles. The van der Waals surface area contributed by atoms with E-state index in [2.05, 4.69) is 5.32 Å². The summed E-state index contributed by atoms with van der Waals surface area (Å²) in [5, 5.41) is 11.6. The summed E-state index contributed by atoms with van der Waals surface area (Å²) in [6, 6.07) is 3.32. The van der Waals surface area contributed by atoms with Crippen LogP contribution in [-0.2, 0) is 8.53 Å². The third-order valence-electron chi connectivity index (χ3n) is 1.63. The number of phenols is 1. The molecule has 1 rings (SSSR count). The van der Waals surface area contributed by atoms with Gasteiger partial charge in [0.2, 0.25) is 0 Å². The second kappa shape index (κ2) is 4.10. The molecule has 1 amide bonds. The maximum atomic E-state index is 10.9. The Morgan fingerprint density at radius 1 is 1.40 bits per heavy atom. The van der Waals surface area contributed by atoms with Crippen LogP contribution in [0.2, 0.25) is 0 Å². The Morgan fingerprint density at radius 2 is 2.00 bits per heavy atom. The molecular formula is C8H10AsNO5. The van der Waals surface area contributed by atoms with E-state index in [0.29, 0.717) is 0 Å². The van der Waals surface area contributed by atoms with E-state index in [1.807, 2.05) is 0 Å². The van der Waals surface area contributed by atoms with Crippen molar-refractivity contribution in [2.45, 2.75) is 6.92 Å². The molecule has 0 atom stereocenters. The van der Waals surface area contributed by atoms with E-state index < -0.39 is 20.1 Å². The van der Waals surface area contributed by atoms with Gasteiger partial charge >= 0.3 is 88.1 Å². The molecule has 82 valence electrons. The monoisotopic (exact) mass is 275 g/mol. The molecule has 0 aliphatic carbocycles. The van der Waals surface area contributed by atoms with Crippen LogP contribution in [0.4, 0.5) is 5.69 Å². The van der Waals surface area contributed by atoms with Crippen molar-refractivity contribution in [3.8, 4) is 5.75 Å². The van der Waals surface area contributed by atoms with Gasteiger partial charge in [-0.05, 0) is 0 Å². The predicted molar refractivity (Wildman–Crippen MR) is 52.9 cm³/mol. The number of rotatable bonds is 2. The molecule has 0 heterocycles. The van der Waals surface area contributed by atoms with Gasteiger partial charge in [-0.15, -0.1) is 0 Å². The predicted octanol–water partition coefficient (Wildman–Crippen LogP) is -1.09. The number of benzene rings is 1. The van der Waals surface area contributed by atoms with Gasteiger partial charge < -0.3 is 0 Å². The quantitative estimate of drug-likeness (QED) is 0.405. The van der Waals surface area contributed by atoms with Gasteiger partial charge in [0.15, 0.2) is 0 Å². The van der Waals surface area contributed by atoms with Crippen LogP contribution in [0.5, 0.6) is 5.75 Å². The molecule has 7 heteroatoms. The summed E-state index contributed by atoms with van der Waals surface area (Å²) in [5.41, 5.74) is -0.00951. The Labute approximate surface area is 88.6 Å². The Morgan fingerprint density at radius 3 is 2.47 bits per heavy atom. The van der Waals surface area contributed by atoms with Crippen LogP contribution in [0.1, 0.15) is 6.92 Å². The SMILES string of the molecule is CC(=O)Nc1cc([As](=O)(O)O)ccc1O. The average molecular weight is 275 g/mol. The first-order valence-corrected chi connectivity index (χ1v) is 7.35. The number of aromatic hydroxyl groups is 1. The van der Waals surface area contributed by atoms with E-state index >= 15 is 0 Å². The minimum atomic E-state index is -4.98. The van der Waals surface area contributed by atoms with E-state index in [1.165, 1.54) is 6.92 Å². The second-order valence-electron chi connectivity index (χ2n) is 2.93. The second-order valence-corrected chi connectivity index (χ2v) is 6.29. The summed E-state index contributed by atoms with van der Waals surface area (Å²) in [6.45, 7) is 1.23. The van der Waals surface area contributed by atoms with Crippen molar-refractivity contribution in [1.29, 1.82) is 0 Å². The van der Waals surface area contributed by atoms with Crippen molar-refractivity contribution in [2.75, 3.05) is 5.32 Å². The average Bonchev–Trinajstić information content (AvgIpc) is 2.06. The maximum absolute atomic E-state index is 10.9. The number of carbonyl (C=O) groups is 1. The molecule has 0 saturated heterocycles. The normalized spacial score (nSPS) is 11.1. The number of nitrogens with one attached hydrogen (secondary N) is 1. The molecule has 1 aromatic carbocycles. The molecule has 6 nitrogen and oxygen atoms in total. The van der Waals surface area contributed by atoms with Crippen molar-refractivity contribution in [3.63, 3.8) is 0 Å². The first-order chi connectivity index (χ1) is 6.80. The zero-order valence-corrected chi connectivity index (χ0v) is 9.71. The van der Waals surface area contributed by atoms with E-state index in [4.69, 9.17) is 8.19 Å². The molecule has 15 heavy (non-hydrogen) atoms. The molecule has 0 aromatic heterocycles. The number of carbonyl (C=O) groups excluding carboxylic acids is 1. The first kappa shape index (κ1) is 11.8. The van der Waals surface area contributed by atoms with Gasteiger partial charge in [-0.25, -0.2) is 0 Å². The fourth-order valence-corrected chi connectivity index (χ4v) is 2.18. The van der Waals surface area contributed by atoms with Crippen molar-refractivity contribution in [2.24, 2.45) is 0 Å². The number of anilines is 1. The van der Waals surface area contributed by atoms with Gasteiger partial charge in [0.25, 0.3) is 0 Å². The molecule has 0 spiro atoms. The number of hydrogen-bond donors (Lipinski definition) is 4. The van der Waals surface area contributed by atoms with Crippen LogP contribution in [-0.4, -0.2) is 33.4 Å². The summed E-state index contributed by atoms with van der Waals surface area (Å²) in [5.74, 6) is -0.668. The third kappa shape index (κ3) is 3.12. The van der Waals surface area contributed by atoms with E-state index in [-0.39, 0.29) is 15.8 Å². The van der Waals surface area contributed by atoms with Gasteiger partial charge in [-0.1, -0.05) is 0 Å². The first-order valence-electron chi connectivity index (χ1n) is 3.97. The Balaban J connectivity index is 3.17. The number of amides is 1. The summed E-state index contributed by atoms with van der Waals surface area (Å²) in [7, 11) is 0. The van der Waals surface area contributed by atoms with E-state index in [9.17, 15) is 13.6 Å². The van der Waals surface area contributed by atoms with Crippen LogP contribution in [0.3, 0.4) is 0 Å². The van der Waals surface area contributed by atoms with Gasteiger partial charge in [-0.2, -0.15) is 0 Å². The minimum absolute atomic E-state index is 0.00951. The number of phenolic OH excluding ortho intramolecular Hbond substituents is 1. The Kier molecular flexibility index (Phi) is 3.24. The molecule has 0 bridgehead atoms. The third-order valence-corrected chi connectivity index (χ3v) is 3.62. The van der Waals surface area contributed by atoms with Crippen molar-refractivity contribution < 1.29 is 21.8 Å². The van der Waals surface area contributed by atoms with Gasteiger partial charge in [0, 0.05) is 0 Å².